The summed E-state index contributed by atoms with van der Waals surface area (Å²) in [5, 5.41) is 4.28. The van der Waals surface area contributed by atoms with Crippen molar-refractivity contribution in [1.82, 2.24) is 4.98 Å². The van der Waals surface area contributed by atoms with Crippen LogP contribution in [0.4, 0.5) is 5.00 Å². The van der Waals surface area contributed by atoms with Crippen molar-refractivity contribution in [2.75, 3.05) is 11.9 Å². The Hall–Kier alpha value is -1.88. The molecule has 0 radical (unpaired) electrons. The summed E-state index contributed by atoms with van der Waals surface area (Å²) in [7, 11) is 0. The number of ether oxygens (including phenoxy) is 1. The molecule has 0 saturated carbocycles. The lowest BCUT2D eigenvalue weighted by Crippen LogP contribution is -2.18. The van der Waals surface area contributed by atoms with Gasteiger partial charge in [-0.1, -0.05) is 24.3 Å². The Kier molecular flexibility index (Phi) is 4.20. The van der Waals surface area contributed by atoms with E-state index in [1.807, 2.05) is 0 Å². The van der Waals surface area contributed by atoms with Gasteiger partial charge in [-0.3, -0.25) is 0 Å². The van der Waals surface area contributed by atoms with Crippen molar-refractivity contribution in [2.45, 2.75) is 32.2 Å². The van der Waals surface area contributed by atoms with Crippen molar-refractivity contribution in [3.8, 4) is 0 Å². The SMILES string of the molecule is CCOC(=O)c1ncsc1NC1CCCc2ccccc21. The van der Waals surface area contributed by atoms with Gasteiger partial charge in [-0.05, 0) is 37.3 Å². The lowest BCUT2D eigenvalue weighted by atomic mass is 9.88. The van der Waals surface area contributed by atoms with Crippen molar-refractivity contribution >= 4 is 22.3 Å². The van der Waals surface area contributed by atoms with E-state index >= 15 is 0 Å². The topological polar surface area (TPSA) is 51.2 Å². The highest BCUT2D eigenvalue weighted by molar-refractivity contribution is 7.14. The van der Waals surface area contributed by atoms with E-state index in [2.05, 4.69) is 34.6 Å². The smallest absolute Gasteiger partial charge is 0.360 e. The van der Waals surface area contributed by atoms with Gasteiger partial charge in [0.2, 0.25) is 0 Å². The number of aromatic nitrogens is 1. The number of fused-ring (bicyclic) bond motifs is 1. The van der Waals surface area contributed by atoms with Gasteiger partial charge in [0.15, 0.2) is 5.69 Å². The molecule has 1 aliphatic carbocycles. The van der Waals surface area contributed by atoms with Crippen molar-refractivity contribution in [3.05, 3.63) is 46.6 Å². The summed E-state index contributed by atoms with van der Waals surface area (Å²) < 4.78 is 5.05. The second-order valence-corrected chi connectivity index (χ2v) is 5.89. The molecule has 3 rings (SSSR count). The van der Waals surface area contributed by atoms with Crippen LogP contribution < -0.4 is 5.32 Å². The van der Waals surface area contributed by atoms with Crippen LogP contribution >= 0.6 is 11.3 Å². The van der Waals surface area contributed by atoms with Gasteiger partial charge in [-0.2, -0.15) is 0 Å². The highest BCUT2D eigenvalue weighted by Gasteiger charge is 2.23. The van der Waals surface area contributed by atoms with Crippen molar-refractivity contribution in [2.24, 2.45) is 0 Å². The van der Waals surface area contributed by atoms with E-state index in [0.717, 1.165) is 24.3 Å². The van der Waals surface area contributed by atoms with Crippen LogP contribution in [-0.4, -0.2) is 17.6 Å². The summed E-state index contributed by atoms with van der Waals surface area (Å²) in [6, 6.07) is 8.73. The Balaban J connectivity index is 1.82. The van der Waals surface area contributed by atoms with Crippen LogP contribution in [-0.2, 0) is 11.2 Å². The first-order valence-corrected chi connectivity index (χ1v) is 8.12. The predicted octanol–water partition coefficient (Wildman–Crippen LogP) is 3.81. The van der Waals surface area contributed by atoms with E-state index in [-0.39, 0.29) is 12.0 Å². The van der Waals surface area contributed by atoms with Gasteiger partial charge in [0.25, 0.3) is 0 Å². The maximum atomic E-state index is 11.9. The summed E-state index contributed by atoms with van der Waals surface area (Å²) in [5.41, 5.74) is 4.80. The average Bonchev–Trinajstić information content (AvgIpc) is 2.96. The Morgan fingerprint density at radius 1 is 1.48 bits per heavy atom. The minimum atomic E-state index is -0.356. The van der Waals surface area contributed by atoms with Gasteiger partial charge >= 0.3 is 5.97 Å². The quantitative estimate of drug-likeness (QED) is 0.873. The van der Waals surface area contributed by atoms with Gasteiger partial charge in [-0.15, -0.1) is 11.3 Å². The molecular weight excluding hydrogens is 284 g/mol. The van der Waals surface area contributed by atoms with Crippen LogP contribution in [0.5, 0.6) is 0 Å². The average molecular weight is 302 g/mol. The molecule has 1 aromatic carbocycles. The van der Waals surface area contributed by atoms with E-state index in [0.29, 0.717) is 12.3 Å². The Morgan fingerprint density at radius 3 is 3.19 bits per heavy atom. The number of carbonyl (C=O) groups is 1. The van der Waals surface area contributed by atoms with Crippen molar-refractivity contribution < 1.29 is 9.53 Å². The third kappa shape index (κ3) is 2.93. The Bertz CT molecular complexity index is 639. The van der Waals surface area contributed by atoms with E-state index in [9.17, 15) is 4.79 Å². The number of benzene rings is 1. The maximum Gasteiger partial charge on any atom is 0.360 e. The standard InChI is InChI=1S/C16H18N2O2S/c1-2-20-16(19)14-15(21-10-17-14)18-13-9-5-7-11-6-3-4-8-12(11)13/h3-4,6,8,10,13,18H,2,5,7,9H2,1H3. The molecule has 0 fully saturated rings. The number of aryl methyl sites for hydroxylation is 1. The molecule has 1 heterocycles. The fraction of sp³-hybridized carbons (Fsp3) is 0.375. The van der Waals surface area contributed by atoms with Crippen LogP contribution in [0.15, 0.2) is 29.8 Å². The molecule has 0 amide bonds. The van der Waals surface area contributed by atoms with Crippen molar-refractivity contribution in [1.29, 1.82) is 0 Å². The van der Waals surface area contributed by atoms with Gasteiger partial charge in [0.1, 0.15) is 5.00 Å². The normalized spacial score (nSPS) is 17.1. The minimum Gasteiger partial charge on any atom is -0.461 e. The minimum absolute atomic E-state index is 0.239. The van der Waals surface area contributed by atoms with E-state index in [1.165, 1.54) is 22.5 Å². The van der Waals surface area contributed by atoms with Crippen LogP contribution in [0.2, 0.25) is 0 Å². The number of hydrogen-bond acceptors (Lipinski definition) is 5. The second kappa shape index (κ2) is 6.26. The first kappa shape index (κ1) is 14.1. The van der Waals surface area contributed by atoms with Crippen molar-refractivity contribution in [3.63, 3.8) is 0 Å². The zero-order valence-corrected chi connectivity index (χ0v) is 12.8. The summed E-state index contributed by atoms with van der Waals surface area (Å²) in [4.78, 5) is 16.0. The summed E-state index contributed by atoms with van der Waals surface area (Å²) >= 11 is 1.45. The molecule has 2 aromatic rings. The molecule has 0 spiro atoms. The molecular formula is C16H18N2O2S. The van der Waals surface area contributed by atoms with Crippen LogP contribution in [0, 0.1) is 0 Å². The fourth-order valence-corrected chi connectivity index (χ4v) is 3.48. The highest BCUT2D eigenvalue weighted by Crippen LogP contribution is 2.34. The highest BCUT2D eigenvalue weighted by atomic mass is 32.1. The molecule has 0 aliphatic heterocycles. The molecule has 110 valence electrons. The Morgan fingerprint density at radius 2 is 2.33 bits per heavy atom. The summed E-state index contributed by atoms with van der Waals surface area (Å²) in [5.74, 6) is -0.356. The molecule has 5 heteroatoms. The van der Waals surface area contributed by atoms with Crippen LogP contribution in [0.1, 0.15) is 47.4 Å². The largest absolute Gasteiger partial charge is 0.461 e. The molecule has 1 aromatic heterocycles. The molecule has 0 bridgehead atoms. The van der Waals surface area contributed by atoms with Crippen LogP contribution in [0.3, 0.4) is 0 Å². The third-order valence-electron chi connectivity index (χ3n) is 3.71. The lowest BCUT2D eigenvalue weighted by molar-refractivity contribution is 0.0521. The van der Waals surface area contributed by atoms with E-state index in [1.54, 1.807) is 12.4 Å². The maximum absolute atomic E-state index is 11.9. The van der Waals surface area contributed by atoms with Gasteiger partial charge < -0.3 is 10.1 Å². The zero-order chi connectivity index (χ0) is 14.7. The van der Waals surface area contributed by atoms with Crippen LogP contribution in [0.25, 0.3) is 0 Å². The molecule has 21 heavy (non-hydrogen) atoms. The van der Waals surface area contributed by atoms with E-state index < -0.39 is 0 Å². The number of nitrogens with zero attached hydrogens (tertiary/aromatic N) is 1. The first-order chi connectivity index (χ1) is 10.3. The lowest BCUT2D eigenvalue weighted by Gasteiger charge is -2.26. The molecule has 0 saturated heterocycles. The molecule has 4 nitrogen and oxygen atoms in total. The number of esters is 1. The Labute approximate surface area is 128 Å². The third-order valence-corrected chi connectivity index (χ3v) is 4.47. The second-order valence-electron chi connectivity index (χ2n) is 5.04. The van der Waals surface area contributed by atoms with E-state index in [4.69, 9.17) is 4.74 Å². The van der Waals surface area contributed by atoms with Gasteiger partial charge in [0, 0.05) is 0 Å². The monoisotopic (exact) mass is 302 g/mol. The fourth-order valence-electron chi connectivity index (χ4n) is 2.76. The number of thiazole rings is 1. The molecule has 1 unspecified atom stereocenters. The van der Waals surface area contributed by atoms with Gasteiger partial charge in [0.05, 0.1) is 18.2 Å². The molecule has 1 aliphatic rings. The summed E-state index contributed by atoms with van der Waals surface area (Å²) in [6.07, 6.45) is 3.35. The number of nitrogens with one attached hydrogen (secondary N) is 1. The first-order valence-electron chi connectivity index (χ1n) is 7.24. The molecule has 1 atom stereocenters. The zero-order valence-electron chi connectivity index (χ0n) is 12.0. The molecule has 1 N–H and O–H groups in total. The predicted molar refractivity (Wildman–Crippen MR) is 83.8 cm³/mol. The number of carbonyl (C=O) groups excluding carboxylic acids is 1. The number of rotatable bonds is 4. The van der Waals surface area contributed by atoms with Gasteiger partial charge in [-0.25, -0.2) is 9.78 Å². The summed E-state index contributed by atoms with van der Waals surface area (Å²) in [6.45, 7) is 2.16. The number of hydrogen-bond donors (Lipinski definition) is 1. The number of anilines is 1.